The second-order valence-electron chi connectivity index (χ2n) is 6.45. The first-order chi connectivity index (χ1) is 12.6. The Morgan fingerprint density at radius 1 is 1.19 bits per heavy atom. The molecule has 1 fully saturated rings. The molecule has 1 heterocycles. The predicted molar refractivity (Wildman–Crippen MR) is 102 cm³/mol. The summed E-state index contributed by atoms with van der Waals surface area (Å²) < 4.78 is 5.22. The summed E-state index contributed by atoms with van der Waals surface area (Å²) in [7, 11) is 1.56. The molecule has 2 N–H and O–H groups in total. The summed E-state index contributed by atoms with van der Waals surface area (Å²) >= 11 is 0. The highest BCUT2D eigenvalue weighted by Crippen LogP contribution is 2.25. The van der Waals surface area contributed by atoms with Crippen molar-refractivity contribution in [2.45, 2.75) is 13.3 Å². The molecule has 0 radical (unpaired) electrons. The van der Waals surface area contributed by atoms with E-state index in [1.54, 1.807) is 24.1 Å². The number of methoxy groups -OCH3 is 1. The van der Waals surface area contributed by atoms with E-state index in [9.17, 15) is 9.59 Å². The molecular weight excluding hydrogens is 330 g/mol. The number of nitrogens with one attached hydrogen (secondary N) is 2. The van der Waals surface area contributed by atoms with Gasteiger partial charge < -0.3 is 20.3 Å². The van der Waals surface area contributed by atoms with E-state index in [0.717, 1.165) is 11.3 Å². The van der Waals surface area contributed by atoms with Crippen molar-refractivity contribution in [1.29, 1.82) is 0 Å². The van der Waals surface area contributed by atoms with Crippen LogP contribution in [0.2, 0.25) is 0 Å². The molecule has 0 aromatic heterocycles. The summed E-state index contributed by atoms with van der Waals surface area (Å²) in [5, 5.41) is 5.61. The summed E-state index contributed by atoms with van der Waals surface area (Å²) in [6.07, 6.45) is 0.433. The van der Waals surface area contributed by atoms with Crippen LogP contribution in [0.25, 0.3) is 0 Å². The number of rotatable bonds is 5. The molecule has 6 heteroatoms. The van der Waals surface area contributed by atoms with Crippen LogP contribution < -0.4 is 20.3 Å². The first-order valence-corrected chi connectivity index (χ1v) is 8.61. The number of para-hydroxylation sites is 2. The Labute approximate surface area is 153 Å². The Bertz CT molecular complexity index is 789. The van der Waals surface area contributed by atoms with Crippen LogP contribution in [0.15, 0.2) is 48.5 Å². The van der Waals surface area contributed by atoms with Crippen LogP contribution in [-0.2, 0) is 4.79 Å². The molecule has 2 aromatic rings. The van der Waals surface area contributed by atoms with Crippen LogP contribution >= 0.6 is 0 Å². The third-order valence-electron chi connectivity index (χ3n) is 4.46. The molecule has 2 aromatic carbocycles. The van der Waals surface area contributed by atoms with E-state index in [-0.39, 0.29) is 17.9 Å². The lowest BCUT2D eigenvalue weighted by Crippen LogP contribution is -2.34. The van der Waals surface area contributed by atoms with Gasteiger partial charge in [0.25, 0.3) is 0 Å². The fourth-order valence-corrected chi connectivity index (χ4v) is 3.04. The highest BCUT2D eigenvalue weighted by molar-refractivity contribution is 5.96. The quantitative estimate of drug-likeness (QED) is 0.867. The average Bonchev–Trinajstić information content (AvgIpc) is 3.02. The number of hydrogen-bond acceptors (Lipinski definition) is 3. The van der Waals surface area contributed by atoms with Gasteiger partial charge in [0.05, 0.1) is 12.8 Å². The topological polar surface area (TPSA) is 70.7 Å². The van der Waals surface area contributed by atoms with Crippen molar-refractivity contribution < 1.29 is 14.3 Å². The summed E-state index contributed by atoms with van der Waals surface area (Å²) in [5.74, 6) is 0.780. The molecule has 1 atom stereocenters. The first kappa shape index (κ1) is 17.8. The molecule has 3 amide bonds. The average molecular weight is 353 g/mol. The smallest absolute Gasteiger partial charge is 0.319 e. The van der Waals surface area contributed by atoms with E-state index in [2.05, 4.69) is 10.6 Å². The van der Waals surface area contributed by atoms with Crippen LogP contribution in [0.3, 0.4) is 0 Å². The normalized spacial score (nSPS) is 16.5. The number of carbonyl (C=O) groups is 2. The van der Waals surface area contributed by atoms with Gasteiger partial charge in [-0.05, 0) is 31.2 Å². The molecule has 0 aliphatic carbocycles. The van der Waals surface area contributed by atoms with Crippen molar-refractivity contribution in [3.8, 4) is 5.75 Å². The summed E-state index contributed by atoms with van der Waals surface area (Å²) in [6, 6.07) is 14.8. The largest absolute Gasteiger partial charge is 0.495 e. The maximum Gasteiger partial charge on any atom is 0.319 e. The number of nitrogens with zero attached hydrogens (tertiary/aromatic N) is 1. The lowest BCUT2D eigenvalue weighted by atomic mass is 10.1. The highest BCUT2D eigenvalue weighted by Gasteiger charge is 2.30. The molecule has 0 saturated carbocycles. The van der Waals surface area contributed by atoms with E-state index >= 15 is 0 Å². The van der Waals surface area contributed by atoms with Gasteiger partial charge in [0.15, 0.2) is 0 Å². The van der Waals surface area contributed by atoms with Crippen molar-refractivity contribution in [3.63, 3.8) is 0 Å². The van der Waals surface area contributed by atoms with Crippen LogP contribution in [-0.4, -0.2) is 32.1 Å². The summed E-state index contributed by atoms with van der Waals surface area (Å²) in [5.41, 5.74) is 2.67. The van der Waals surface area contributed by atoms with Gasteiger partial charge in [-0.2, -0.15) is 0 Å². The number of carbonyl (C=O) groups excluding carboxylic acids is 2. The van der Waals surface area contributed by atoms with E-state index < -0.39 is 0 Å². The van der Waals surface area contributed by atoms with E-state index in [1.165, 1.54) is 0 Å². The third kappa shape index (κ3) is 4.14. The molecule has 3 rings (SSSR count). The Balaban J connectivity index is 1.53. The van der Waals surface area contributed by atoms with Crippen molar-refractivity contribution in [2.24, 2.45) is 5.92 Å². The number of anilines is 2. The molecule has 26 heavy (non-hydrogen) atoms. The first-order valence-electron chi connectivity index (χ1n) is 8.61. The van der Waals surface area contributed by atoms with E-state index in [4.69, 9.17) is 4.74 Å². The Morgan fingerprint density at radius 3 is 2.65 bits per heavy atom. The van der Waals surface area contributed by atoms with Crippen molar-refractivity contribution in [3.05, 3.63) is 54.1 Å². The molecule has 0 unspecified atom stereocenters. The fourth-order valence-electron chi connectivity index (χ4n) is 3.04. The van der Waals surface area contributed by atoms with E-state index in [1.807, 2.05) is 43.3 Å². The summed E-state index contributed by atoms with van der Waals surface area (Å²) in [6.45, 7) is 3.06. The minimum atomic E-state index is -0.310. The van der Waals surface area contributed by atoms with Gasteiger partial charge in [-0.3, -0.25) is 4.79 Å². The number of hydrogen-bond donors (Lipinski definition) is 2. The SMILES string of the molecule is COc1ccccc1NC(=O)NC[C@H]1CC(=O)N(c2ccc(C)cc2)C1. The minimum absolute atomic E-state index is 0.0887. The maximum atomic E-state index is 12.3. The molecule has 1 aliphatic rings. The van der Waals surface area contributed by atoms with Gasteiger partial charge in [0, 0.05) is 31.1 Å². The Hall–Kier alpha value is -3.02. The maximum absolute atomic E-state index is 12.3. The number of ether oxygens (including phenoxy) is 1. The van der Waals surface area contributed by atoms with E-state index in [0.29, 0.717) is 30.9 Å². The second-order valence-corrected chi connectivity index (χ2v) is 6.45. The molecule has 0 bridgehead atoms. The van der Waals surface area contributed by atoms with Gasteiger partial charge in [-0.1, -0.05) is 29.8 Å². The van der Waals surface area contributed by atoms with Crippen LogP contribution in [0.5, 0.6) is 5.75 Å². The van der Waals surface area contributed by atoms with Crippen LogP contribution in [0.1, 0.15) is 12.0 Å². The van der Waals surface area contributed by atoms with Crippen LogP contribution in [0, 0.1) is 12.8 Å². The number of amides is 3. The van der Waals surface area contributed by atoms with Crippen molar-refractivity contribution >= 4 is 23.3 Å². The fraction of sp³-hybridized carbons (Fsp3) is 0.300. The molecular formula is C20H23N3O3. The third-order valence-corrected chi connectivity index (χ3v) is 4.46. The molecule has 1 saturated heterocycles. The molecule has 6 nitrogen and oxygen atoms in total. The monoisotopic (exact) mass is 353 g/mol. The van der Waals surface area contributed by atoms with Gasteiger partial charge in [0.2, 0.25) is 5.91 Å². The lowest BCUT2D eigenvalue weighted by molar-refractivity contribution is -0.117. The Morgan fingerprint density at radius 2 is 1.92 bits per heavy atom. The van der Waals surface area contributed by atoms with Gasteiger partial charge in [-0.25, -0.2) is 4.79 Å². The van der Waals surface area contributed by atoms with Crippen LogP contribution in [0.4, 0.5) is 16.2 Å². The number of urea groups is 1. The number of aryl methyl sites for hydroxylation is 1. The zero-order valence-electron chi connectivity index (χ0n) is 15.0. The zero-order valence-corrected chi connectivity index (χ0v) is 15.0. The standard InChI is InChI=1S/C20H23N3O3/c1-14-7-9-16(10-8-14)23-13-15(11-19(23)24)12-21-20(25)22-17-5-3-4-6-18(17)26-2/h3-10,15H,11-13H2,1-2H3,(H2,21,22,25)/t15-/m1/s1. The minimum Gasteiger partial charge on any atom is -0.495 e. The Kier molecular flexibility index (Phi) is 5.41. The predicted octanol–water partition coefficient (Wildman–Crippen LogP) is 3.18. The lowest BCUT2D eigenvalue weighted by Gasteiger charge is -2.17. The molecule has 1 aliphatic heterocycles. The van der Waals surface area contributed by atoms with Gasteiger partial charge in [0.1, 0.15) is 5.75 Å². The zero-order chi connectivity index (χ0) is 18.5. The van der Waals surface area contributed by atoms with Crippen molar-refractivity contribution in [2.75, 3.05) is 30.4 Å². The molecule has 136 valence electrons. The molecule has 0 spiro atoms. The number of benzene rings is 2. The second kappa shape index (κ2) is 7.91. The summed E-state index contributed by atoms with van der Waals surface area (Å²) in [4.78, 5) is 26.2. The van der Waals surface area contributed by atoms with Gasteiger partial charge in [-0.15, -0.1) is 0 Å². The highest BCUT2D eigenvalue weighted by atomic mass is 16.5. The van der Waals surface area contributed by atoms with Gasteiger partial charge >= 0.3 is 6.03 Å². The van der Waals surface area contributed by atoms with Crippen molar-refractivity contribution in [1.82, 2.24) is 5.32 Å².